The van der Waals surface area contributed by atoms with Crippen molar-refractivity contribution in [3.8, 4) is 0 Å². The number of carboxylic acids is 1. The molecule has 1 amide bonds. The van der Waals surface area contributed by atoms with E-state index in [2.05, 4.69) is 10.6 Å². The molecular formula is C13H16N2O3. The quantitative estimate of drug-likeness (QED) is 0.755. The molecule has 2 rings (SSSR count). The van der Waals surface area contributed by atoms with Gasteiger partial charge >= 0.3 is 5.97 Å². The van der Waals surface area contributed by atoms with Crippen molar-refractivity contribution >= 4 is 17.6 Å². The highest BCUT2D eigenvalue weighted by Crippen LogP contribution is 2.16. The van der Waals surface area contributed by atoms with Gasteiger partial charge in [0.25, 0.3) is 0 Å². The van der Waals surface area contributed by atoms with Crippen molar-refractivity contribution in [1.29, 1.82) is 0 Å². The van der Waals surface area contributed by atoms with Gasteiger partial charge in [-0.15, -0.1) is 0 Å². The summed E-state index contributed by atoms with van der Waals surface area (Å²) in [5.41, 5.74) is 1.53. The first kappa shape index (κ1) is 12.6. The van der Waals surface area contributed by atoms with Crippen LogP contribution in [0.25, 0.3) is 0 Å². The average molecular weight is 248 g/mol. The van der Waals surface area contributed by atoms with Gasteiger partial charge < -0.3 is 15.7 Å². The predicted molar refractivity (Wildman–Crippen MR) is 67.8 cm³/mol. The first-order valence-electron chi connectivity index (χ1n) is 5.96. The highest BCUT2D eigenvalue weighted by atomic mass is 16.4. The minimum absolute atomic E-state index is 0.0602. The molecule has 0 aromatic heterocycles. The Kier molecular flexibility index (Phi) is 3.62. The summed E-state index contributed by atoms with van der Waals surface area (Å²) in [6.07, 6.45) is 1.85. The molecule has 1 fully saturated rings. The lowest BCUT2D eigenvalue weighted by Crippen LogP contribution is -2.35. The topological polar surface area (TPSA) is 78.4 Å². The van der Waals surface area contributed by atoms with Crippen LogP contribution in [0, 0.1) is 6.92 Å². The highest BCUT2D eigenvalue weighted by Gasteiger charge is 2.22. The van der Waals surface area contributed by atoms with E-state index in [1.807, 2.05) is 0 Å². The fourth-order valence-electron chi connectivity index (χ4n) is 2.12. The largest absolute Gasteiger partial charge is 0.478 e. The third-order valence-corrected chi connectivity index (χ3v) is 3.10. The predicted octanol–water partition coefficient (Wildman–Crippen LogP) is 1.38. The molecule has 0 bridgehead atoms. The van der Waals surface area contributed by atoms with Crippen molar-refractivity contribution in [3.63, 3.8) is 0 Å². The van der Waals surface area contributed by atoms with E-state index in [9.17, 15) is 9.59 Å². The molecule has 1 saturated heterocycles. The van der Waals surface area contributed by atoms with Crippen molar-refractivity contribution in [2.75, 3.05) is 11.9 Å². The monoisotopic (exact) mass is 248 g/mol. The Morgan fingerprint density at radius 3 is 2.78 bits per heavy atom. The van der Waals surface area contributed by atoms with Gasteiger partial charge in [-0.25, -0.2) is 4.79 Å². The number of hydrogen-bond donors (Lipinski definition) is 3. The maximum atomic E-state index is 11.9. The fourth-order valence-corrected chi connectivity index (χ4v) is 2.12. The summed E-state index contributed by atoms with van der Waals surface area (Å²) in [6, 6.07) is 4.67. The van der Waals surface area contributed by atoms with E-state index in [0.29, 0.717) is 11.3 Å². The summed E-state index contributed by atoms with van der Waals surface area (Å²) in [5.74, 6) is -1.02. The molecular weight excluding hydrogens is 232 g/mol. The molecule has 1 aliphatic rings. The number of carbonyl (C=O) groups excluding carboxylic acids is 1. The Morgan fingerprint density at radius 1 is 1.44 bits per heavy atom. The minimum Gasteiger partial charge on any atom is -0.478 e. The molecule has 1 unspecified atom stereocenters. The Morgan fingerprint density at radius 2 is 2.22 bits per heavy atom. The van der Waals surface area contributed by atoms with Crippen molar-refractivity contribution in [1.82, 2.24) is 5.32 Å². The molecule has 0 saturated carbocycles. The van der Waals surface area contributed by atoms with Crippen LogP contribution in [0.3, 0.4) is 0 Å². The van der Waals surface area contributed by atoms with E-state index in [1.54, 1.807) is 19.1 Å². The summed E-state index contributed by atoms with van der Waals surface area (Å²) in [5, 5.41) is 14.8. The van der Waals surface area contributed by atoms with Gasteiger partial charge in [-0.2, -0.15) is 0 Å². The molecule has 0 radical (unpaired) electrons. The maximum Gasteiger partial charge on any atom is 0.335 e. The van der Waals surface area contributed by atoms with Crippen LogP contribution >= 0.6 is 0 Å². The van der Waals surface area contributed by atoms with Gasteiger partial charge in [-0.1, -0.05) is 0 Å². The Balaban J connectivity index is 2.07. The Bertz CT molecular complexity index is 479. The summed E-state index contributed by atoms with van der Waals surface area (Å²) >= 11 is 0. The molecule has 1 aliphatic heterocycles. The van der Waals surface area contributed by atoms with Crippen LogP contribution in [0.1, 0.15) is 28.8 Å². The van der Waals surface area contributed by atoms with Gasteiger partial charge in [0.05, 0.1) is 11.6 Å². The fraction of sp³-hybridized carbons (Fsp3) is 0.385. The Hall–Kier alpha value is -1.88. The maximum absolute atomic E-state index is 11.9. The first-order chi connectivity index (χ1) is 8.58. The molecule has 5 heteroatoms. The summed E-state index contributed by atoms with van der Waals surface area (Å²) in [7, 11) is 0. The van der Waals surface area contributed by atoms with Crippen LogP contribution in [0.5, 0.6) is 0 Å². The lowest BCUT2D eigenvalue weighted by Gasteiger charge is -2.12. The lowest BCUT2D eigenvalue weighted by atomic mass is 10.1. The number of aromatic carboxylic acids is 1. The second-order valence-electron chi connectivity index (χ2n) is 4.47. The number of carboxylic acid groups (broad SMARTS) is 1. The van der Waals surface area contributed by atoms with E-state index in [0.717, 1.165) is 19.4 Å². The van der Waals surface area contributed by atoms with Crippen LogP contribution in [0.4, 0.5) is 5.69 Å². The number of rotatable bonds is 3. The molecule has 0 aliphatic carbocycles. The molecule has 1 aromatic rings. The van der Waals surface area contributed by atoms with Crippen LogP contribution in [-0.2, 0) is 4.79 Å². The smallest absolute Gasteiger partial charge is 0.335 e. The summed E-state index contributed by atoms with van der Waals surface area (Å²) in [4.78, 5) is 22.7. The van der Waals surface area contributed by atoms with Gasteiger partial charge in [0.15, 0.2) is 0 Å². The van der Waals surface area contributed by atoms with Gasteiger partial charge in [-0.05, 0) is 50.1 Å². The van der Waals surface area contributed by atoms with Crippen molar-refractivity contribution in [2.45, 2.75) is 25.8 Å². The number of carbonyl (C=O) groups is 2. The third-order valence-electron chi connectivity index (χ3n) is 3.10. The zero-order chi connectivity index (χ0) is 13.1. The Labute approximate surface area is 105 Å². The van der Waals surface area contributed by atoms with E-state index in [1.165, 1.54) is 6.07 Å². The van der Waals surface area contributed by atoms with E-state index in [-0.39, 0.29) is 17.5 Å². The number of amides is 1. The van der Waals surface area contributed by atoms with Gasteiger partial charge in [0.1, 0.15) is 0 Å². The summed E-state index contributed by atoms with van der Waals surface area (Å²) in [6.45, 7) is 2.59. The van der Waals surface area contributed by atoms with E-state index in [4.69, 9.17) is 5.11 Å². The van der Waals surface area contributed by atoms with Crippen LogP contribution in [0.2, 0.25) is 0 Å². The SMILES string of the molecule is Cc1cc(NC(=O)C2CCCN2)ccc1C(=O)O. The molecule has 96 valence electrons. The number of nitrogens with one attached hydrogen (secondary N) is 2. The molecule has 1 atom stereocenters. The van der Waals surface area contributed by atoms with Crippen molar-refractivity contribution in [3.05, 3.63) is 29.3 Å². The molecule has 0 spiro atoms. The molecule has 5 nitrogen and oxygen atoms in total. The number of hydrogen-bond acceptors (Lipinski definition) is 3. The van der Waals surface area contributed by atoms with Gasteiger partial charge in [-0.3, -0.25) is 4.79 Å². The molecule has 18 heavy (non-hydrogen) atoms. The number of benzene rings is 1. The molecule has 1 heterocycles. The van der Waals surface area contributed by atoms with Crippen molar-refractivity contribution in [2.24, 2.45) is 0 Å². The number of anilines is 1. The average Bonchev–Trinajstić information content (AvgIpc) is 2.81. The lowest BCUT2D eigenvalue weighted by molar-refractivity contribution is -0.117. The van der Waals surface area contributed by atoms with Crippen LogP contribution < -0.4 is 10.6 Å². The van der Waals surface area contributed by atoms with Gasteiger partial charge in [0, 0.05) is 5.69 Å². The van der Waals surface area contributed by atoms with E-state index >= 15 is 0 Å². The summed E-state index contributed by atoms with van der Waals surface area (Å²) < 4.78 is 0. The highest BCUT2D eigenvalue weighted by molar-refractivity contribution is 5.96. The zero-order valence-corrected chi connectivity index (χ0v) is 10.2. The third kappa shape index (κ3) is 2.68. The standard InChI is InChI=1S/C13H16N2O3/c1-8-7-9(4-5-10(8)13(17)18)15-12(16)11-3-2-6-14-11/h4-5,7,11,14H,2-3,6H2,1H3,(H,15,16)(H,17,18). The second kappa shape index (κ2) is 5.18. The zero-order valence-electron chi connectivity index (χ0n) is 10.2. The van der Waals surface area contributed by atoms with Gasteiger partial charge in [0.2, 0.25) is 5.91 Å². The minimum atomic E-state index is -0.956. The van der Waals surface area contributed by atoms with Crippen molar-refractivity contribution < 1.29 is 14.7 Å². The van der Waals surface area contributed by atoms with Crippen LogP contribution in [0.15, 0.2) is 18.2 Å². The molecule has 1 aromatic carbocycles. The second-order valence-corrected chi connectivity index (χ2v) is 4.47. The number of aryl methyl sites for hydroxylation is 1. The van der Waals surface area contributed by atoms with E-state index < -0.39 is 5.97 Å². The first-order valence-corrected chi connectivity index (χ1v) is 5.96. The van der Waals surface area contributed by atoms with Crippen LogP contribution in [-0.4, -0.2) is 29.6 Å². The normalized spacial score (nSPS) is 18.6. The molecule has 3 N–H and O–H groups in total.